The molecule has 0 fully saturated rings. The van der Waals surface area contributed by atoms with Crippen molar-refractivity contribution in [1.82, 2.24) is 0 Å². The zero-order chi connectivity index (χ0) is 15.0. The SMILES string of the molecule is CC1(C)C(=O)Nc2cc(NC(=S)c3ccccc3)ccc21. The van der Waals surface area contributed by atoms with Gasteiger partial charge in [-0.2, -0.15) is 0 Å². The second kappa shape index (κ2) is 4.97. The summed E-state index contributed by atoms with van der Waals surface area (Å²) in [5.74, 6) is 0.0280. The summed E-state index contributed by atoms with van der Waals surface area (Å²) < 4.78 is 0. The van der Waals surface area contributed by atoms with Crippen molar-refractivity contribution in [3.05, 3.63) is 59.7 Å². The first-order valence-corrected chi connectivity index (χ1v) is 7.22. The zero-order valence-electron chi connectivity index (χ0n) is 11.9. The average Bonchev–Trinajstić information content (AvgIpc) is 2.69. The van der Waals surface area contributed by atoms with Crippen LogP contribution in [-0.2, 0) is 10.2 Å². The first-order chi connectivity index (χ1) is 9.98. The highest BCUT2D eigenvalue weighted by molar-refractivity contribution is 7.81. The Morgan fingerprint density at radius 3 is 2.57 bits per heavy atom. The van der Waals surface area contributed by atoms with Crippen LogP contribution in [0.25, 0.3) is 0 Å². The third kappa shape index (κ3) is 2.43. The average molecular weight is 296 g/mol. The summed E-state index contributed by atoms with van der Waals surface area (Å²) in [6.45, 7) is 3.85. The molecule has 3 rings (SSSR count). The molecule has 1 amide bonds. The van der Waals surface area contributed by atoms with Gasteiger partial charge >= 0.3 is 0 Å². The molecule has 4 heteroatoms. The number of fused-ring (bicyclic) bond motifs is 1. The van der Waals surface area contributed by atoms with E-state index in [0.29, 0.717) is 4.99 Å². The van der Waals surface area contributed by atoms with Crippen LogP contribution in [0.4, 0.5) is 11.4 Å². The highest BCUT2D eigenvalue weighted by atomic mass is 32.1. The molecular weight excluding hydrogens is 280 g/mol. The Morgan fingerprint density at radius 1 is 1.14 bits per heavy atom. The van der Waals surface area contributed by atoms with Gasteiger partial charge in [0.25, 0.3) is 0 Å². The Kier molecular flexibility index (Phi) is 3.26. The fraction of sp³-hybridized carbons (Fsp3) is 0.176. The summed E-state index contributed by atoms with van der Waals surface area (Å²) in [5, 5.41) is 6.13. The fourth-order valence-corrected chi connectivity index (χ4v) is 2.72. The molecule has 0 spiro atoms. The molecule has 106 valence electrons. The molecule has 0 radical (unpaired) electrons. The smallest absolute Gasteiger partial charge is 0.234 e. The van der Waals surface area contributed by atoms with Crippen molar-refractivity contribution < 1.29 is 4.79 Å². The lowest BCUT2D eigenvalue weighted by molar-refractivity contribution is -0.119. The number of nitrogens with one attached hydrogen (secondary N) is 2. The van der Waals surface area contributed by atoms with Crippen molar-refractivity contribution >= 4 is 34.5 Å². The summed E-state index contributed by atoms with van der Waals surface area (Å²) >= 11 is 5.40. The zero-order valence-corrected chi connectivity index (χ0v) is 12.8. The van der Waals surface area contributed by atoms with Crippen LogP contribution >= 0.6 is 12.2 Å². The number of rotatable bonds is 2. The molecule has 0 bridgehead atoms. The maximum Gasteiger partial charge on any atom is 0.234 e. The number of anilines is 2. The lowest BCUT2D eigenvalue weighted by Crippen LogP contribution is -2.26. The van der Waals surface area contributed by atoms with Gasteiger partial charge in [-0.3, -0.25) is 4.79 Å². The molecule has 0 saturated carbocycles. The van der Waals surface area contributed by atoms with Crippen LogP contribution in [0.5, 0.6) is 0 Å². The molecule has 0 aromatic heterocycles. The van der Waals surface area contributed by atoms with Gasteiger partial charge in [-0.1, -0.05) is 48.6 Å². The predicted molar refractivity (Wildman–Crippen MR) is 89.9 cm³/mol. The van der Waals surface area contributed by atoms with Crippen LogP contribution < -0.4 is 10.6 Å². The van der Waals surface area contributed by atoms with E-state index in [4.69, 9.17) is 12.2 Å². The first-order valence-electron chi connectivity index (χ1n) is 6.81. The molecule has 1 aliphatic heterocycles. The van der Waals surface area contributed by atoms with Crippen LogP contribution in [-0.4, -0.2) is 10.9 Å². The lowest BCUT2D eigenvalue weighted by atomic mass is 9.86. The molecule has 1 heterocycles. The minimum Gasteiger partial charge on any atom is -0.346 e. The quantitative estimate of drug-likeness (QED) is 0.830. The molecule has 0 unspecified atom stereocenters. The minimum absolute atomic E-state index is 0.0280. The molecule has 2 N–H and O–H groups in total. The molecule has 0 aliphatic carbocycles. The standard InChI is InChI=1S/C17H16N2OS/c1-17(2)13-9-8-12(10-14(13)19-16(17)20)18-15(21)11-6-4-3-5-7-11/h3-10H,1-2H3,(H,18,21)(H,19,20). The van der Waals surface area contributed by atoms with Gasteiger partial charge in [0.15, 0.2) is 0 Å². The van der Waals surface area contributed by atoms with E-state index in [1.54, 1.807) is 0 Å². The van der Waals surface area contributed by atoms with Gasteiger partial charge in [-0.05, 0) is 31.5 Å². The number of hydrogen-bond acceptors (Lipinski definition) is 2. The van der Waals surface area contributed by atoms with Gasteiger partial charge < -0.3 is 10.6 Å². The monoisotopic (exact) mass is 296 g/mol. The summed E-state index contributed by atoms with van der Waals surface area (Å²) in [7, 11) is 0. The second-order valence-corrected chi connectivity index (χ2v) is 6.07. The Morgan fingerprint density at radius 2 is 1.86 bits per heavy atom. The largest absolute Gasteiger partial charge is 0.346 e. The van der Waals surface area contributed by atoms with Crippen molar-refractivity contribution in [2.45, 2.75) is 19.3 Å². The normalized spacial score (nSPS) is 15.2. The van der Waals surface area contributed by atoms with Crippen molar-refractivity contribution in [2.75, 3.05) is 10.6 Å². The maximum atomic E-state index is 12.0. The summed E-state index contributed by atoms with van der Waals surface area (Å²) in [4.78, 5) is 12.6. The number of thiocarbonyl (C=S) groups is 1. The third-order valence-electron chi connectivity index (χ3n) is 3.80. The van der Waals surface area contributed by atoms with E-state index in [1.165, 1.54) is 0 Å². The maximum absolute atomic E-state index is 12.0. The van der Waals surface area contributed by atoms with Gasteiger partial charge in [-0.15, -0.1) is 0 Å². The summed E-state index contributed by atoms with van der Waals surface area (Å²) in [6.07, 6.45) is 0. The Bertz CT molecular complexity index is 723. The van der Waals surface area contributed by atoms with Crippen molar-refractivity contribution in [2.24, 2.45) is 0 Å². The van der Waals surface area contributed by atoms with Gasteiger partial charge in [-0.25, -0.2) is 0 Å². The molecule has 0 saturated heterocycles. The van der Waals surface area contributed by atoms with Gasteiger partial charge in [0.05, 0.1) is 5.41 Å². The third-order valence-corrected chi connectivity index (χ3v) is 4.14. The van der Waals surface area contributed by atoms with E-state index >= 15 is 0 Å². The van der Waals surface area contributed by atoms with E-state index in [2.05, 4.69) is 10.6 Å². The number of hydrogen-bond donors (Lipinski definition) is 2. The van der Waals surface area contributed by atoms with E-state index in [9.17, 15) is 4.79 Å². The van der Waals surface area contributed by atoms with E-state index < -0.39 is 5.41 Å². The van der Waals surface area contributed by atoms with Gasteiger partial charge in [0.2, 0.25) is 5.91 Å². The van der Waals surface area contributed by atoms with Crippen LogP contribution in [0, 0.1) is 0 Å². The van der Waals surface area contributed by atoms with E-state index in [1.807, 2.05) is 62.4 Å². The minimum atomic E-state index is -0.478. The summed E-state index contributed by atoms with van der Waals surface area (Å²) in [5.41, 5.74) is 3.24. The highest BCUT2D eigenvalue weighted by Crippen LogP contribution is 2.38. The molecule has 1 aliphatic rings. The van der Waals surface area contributed by atoms with Crippen molar-refractivity contribution in [3.63, 3.8) is 0 Å². The molecule has 0 atom stereocenters. The fourth-order valence-electron chi connectivity index (χ4n) is 2.46. The molecule has 2 aromatic rings. The number of amides is 1. The van der Waals surface area contributed by atoms with E-state index in [0.717, 1.165) is 22.5 Å². The van der Waals surface area contributed by atoms with Crippen LogP contribution in [0.3, 0.4) is 0 Å². The number of carbonyl (C=O) groups is 1. The van der Waals surface area contributed by atoms with E-state index in [-0.39, 0.29) is 5.91 Å². The van der Waals surface area contributed by atoms with Crippen molar-refractivity contribution in [1.29, 1.82) is 0 Å². The lowest BCUT2D eigenvalue weighted by Gasteiger charge is -2.15. The van der Waals surface area contributed by atoms with Gasteiger partial charge in [0.1, 0.15) is 4.99 Å². The Labute approximate surface area is 129 Å². The highest BCUT2D eigenvalue weighted by Gasteiger charge is 2.38. The topological polar surface area (TPSA) is 41.1 Å². The molecule has 2 aromatic carbocycles. The second-order valence-electron chi connectivity index (χ2n) is 5.66. The van der Waals surface area contributed by atoms with Gasteiger partial charge in [0, 0.05) is 16.9 Å². The molecule has 21 heavy (non-hydrogen) atoms. The van der Waals surface area contributed by atoms with Crippen LogP contribution in [0.15, 0.2) is 48.5 Å². The number of carbonyl (C=O) groups excluding carboxylic acids is 1. The first kappa shape index (κ1) is 13.8. The van der Waals surface area contributed by atoms with Crippen molar-refractivity contribution in [3.8, 4) is 0 Å². The van der Waals surface area contributed by atoms with Crippen LogP contribution in [0.1, 0.15) is 25.0 Å². The number of benzene rings is 2. The molecular formula is C17H16N2OS. The molecule has 3 nitrogen and oxygen atoms in total. The predicted octanol–water partition coefficient (Wildman–Crippen LogP) is 3.70. The Hall–Kier alpha value is -2.20. The van der Waals surface area contributed by atoms with Crippen LogP contribution in [0.2, 0.25) is 0 Å². The summed E-state index contributed by atoms with van der Waals surface area (Å²) in [6, 6.07) is 15.7. The Balaban J connectivity index is 1.85.